The number of hydrogen-bond acceptors (Lipinski definition) is 5. The van der Waals surface area contributed by atoms with Crippen molar-refractivity contribution in [2.75, 3.05) is 24.5 Å². The molecule has 1 N–H and O–H groups in total. The molecule has 0 aliphatic heterocycles. The maximum absolute atomic E-state index is 14.1. The second-order valence-corrected chi connectivity index (χ2v) is 12.0. The average molecular weight is 631 g/mol. The fraction of sp³-hybridized carbons (Fsp3) is 0.333. The Bertz CT molecular complexity index is 1370. The molecule has 1 atom stereocenters. The van der Waals surface area contributed by atoms with Gasteiger partial charge in [-0.1, -0.05) is 66.5 Å². The number of nitrogens with zero attached hydrogens (tertiary/aromatic N) is 2. The summed E-state index contributed by atoms with van der Waals surface area (Å²) in [4.78, 5) is 28.8. The molecular formula is C30H36BrN3O5S. The number of benzene rings is 3. The third kappa shape index (κ3) is 8.08. The van der Waals surface area contributed by atoms with E-state index in [1.807, 2.05) is 26.0 Å². The van der Waals surface area contributed by atoms with Crippen LogP contribution in [0.5, 0.6) is 5.75 Å². The molecule has 0 aliphatic rings. The molecule has 10 heteroatoms. The van der Waals surface area contributed by atoms with E-state index in [2.05, 4.69) is 21.2 Å². The maximum atomic E-state index is 14.1. The summed E-state index contributed by atoms with van der Waals surface area (Å²) in [7, 11) is -2.54. The molecule has 0 unspecified atom stereocenters. The number of carbonyl (C=O) groups excluding carboxylic acids is 2. The summed E-state index contributed by atoms with van der Waals surface area (Å²) in [6, 6.07) is 21.2. The molecule has 0 bridgehead atoms. The highest BCUT2D eigenvalue weighted by Gasteiger charge is 2.33. The van der Waals surface area contributed by atoms with Crippen molar-refractivity contribution in [1.29, 1.82) is 0 Å². The topological polar surface area (TPSA) is 96.0 Å². The van der Waals surface area contributed by atoms with Gasteiger partial charge in [-0.3, -0.25) is 13.9 Å². The van der Waals surface area contributed by atoms with Gasteiger partial charge in [0.1, 0.15) is 18.3 Å². The molecule has 0 aliphatic carbocycles. The SMILES string of the molecule is CCCCNC(=O)[C@@H](CC)N(Cc1cccc(OC)c1)C(=O)CN(c1ccc(Br)cc1)S(=O)(=O)c1ccccc1. The third-order valence-electron chi connectivity index (χ3n) is 6.43. The van der Waals surface area contributed by atoms with E-state index in [4.69, 9.17) is 4.74 Å². The Morgan fingerprint density at radius 1 is 0.975 bits per heavy atom. The Morgan fingerprint density at radius 3 is 2.30 bits per heavy atom. The number of ether oxygens (including phenoxy) is 1. The molecule has 0 saturated carbocycles. The lowest BCUT2D eigenvalue weighted by molar-refractivity contribution is -0.140. The summed E-state index contributed by atoms with van der Waals surface area (Å²) in [6.07, 6.45) is 2.10. The zero-order valence-electron chi connectivity index (χ0n) is 23.0. The summed E-state index contributed by atoms with van der Waals surface area (Å²) < 4.78 is 34.8. The van der Waals surface area contributed by atoms with Crippen LogP contribution in [0, 0.1) is 0 Å². The van der Waals surface area contributed by atoms with Crippen molar-refractivity contribution in [2.24, 2.45) is 0 Å². The first-order chi connectivity index (χ1) is 19.2. The minimum absolute atomic E-state index is 0.0643. The van der Waals surface area contributed by atoms with Gasteiger partial charge in [0.25, 0.3) is 10.0 Å². The van der Waals surface area contributed by atoms with Crippen LogP contribution in [0.2, 0.25) is 0 Å². The van der Waals surface area contributed by atoms with E-state index in [9.17, 15) is 18.0 Å². The van der Waals surface area contributed by atoms with Gasteiger partial charge in [-0.15, -0.1) is 0 Å². The molecule has 8 nitrogen and oxygen atoms in total. The zero-order chi connectivity index (χ0) is 29.1. The Balaban J connectivity index is 2.02. The number of sulfonamides is 1. The van der Waals surface area contributed by atoms with Crippen LogP contribution in [0.3, 0.4) is 0 Å². The first kappa shape index (κ1) is 31.2. The number of carbonyl (C=O) groups is 2. The maximum Gasteiger partial charge on any atom is 0.264 e. The predicted molar refractivity (Wildman–Crippen MR) is 161 cm³/mol. The Labute approximate surface area is 245 Å². The van der Waals surface area contributed by atoms with Crippen molar-refractivity contribution in [3.8, 4) is 5.75 Å². The van der Waals surface area contributed by atoms with Gasteiger partial charge >= 0.3 is 0 Å². The minimum Gasteiger partial charge on any atom is -0.497 e. The summed E-state index contributed by atoms with van der Waals surface area (Å²) >= 11 is 3.39. The van der Waals surface area contributed by atoms with Crippen molar-refractivity contribution in [2.45, 2.75) is 50.6 Å². The van der Waals surface area contributed by atoms with Crippen LogP contribution < -0.4 is 14.4 Å². The van der Waals surface area contributed by atoms with E-state index < -0.39 is 28.5 Å². The van der Waals surface area contributed by atoms with Crippen LogP contribution in [0.4, 0.5) is 5.69 Å². The highest BCUT2D eigenvalue weighted by molar-refractivity contribution is 9.10. The monoisotopic (exact) mass is 629 g/mol. The molecule has 0 radical (unpaired) electrons. The van der Waals surface area contributed by atoms with Crippen molar-refractivity contribution in [3.05, 3.63) is 88.9 Å². The number of rotatable bonds is 14. The van der Waals surface area contributed by atoms with Crippen LogP contribution in [0.1, 0.15) is 38.7 Å². The smallest absolute Gasteiger partial charge is 0.264 e. The number of nitrogens with one attached hydrogen (secondary N) is 1. The van der Waals surface area contributed by atoms with Gasteiger partial charge in [0.15, 0.2) is 0 Å². The Morgan fingerprint density at radius 2 is 1.68 bits per heavy atom. The van der Waals surface area contributed by atoms with Gasteiger partial charge in [0.05, 0.1) is 17.7 Å². The quantitative estimate of drug-likeness (QED) is 0.242. The van der Waals surface area contributed by atoms with Crippen LogP contribution in [0.25, 0.3) is 0 Å². The van der Waals surface area contributed by atoms with Crippen molar-refractivity contribution < 1.29 is 22.7 Å². The average Bonchev–Trinajstić information content (AvgIpc) is 2.97. The molecule has 3 rings (SSSR count). The van der Waals surface area contributed by atoms with Crippen molar-refractivity contribution >= 4 is 43.5 Å². The highest BCUT2D eigenvalue weighted by Crippen LogP contribution is 2.26. The lowest BCUT2D eigenvalue weighted by atomic mass is 10.1. The summed E-state index contributed by atoms with van der Waals surface area (Å²) in [5.41, 5.74) is 1.09. The second-order valence-electron chi connectivity index (χ2n) is 9.24. The van der Waals surface area contributed by atoms with E-state index in [1.54, 1.807) is 61.7 Å². The molecule has 3 aromatic carbocycles. The standard InChI is InChI=1S/C30H36BrN3O5S/c1-4-6-19-32-30(36)28(5-2)33(21-23-11-10-12-26(20-23)39-3)29(35)22-34(25-17-15-24(31)16-18-25)40(37,38)27-13-8-7-9-14-27/h7-18,20,28H,4-6,19,21-22H2,1-3H3,(H,32,36)/t28-/m1/s1. The van der Waals surface area contributed by atoms with Gasteiger partial charge in [-0.05, 0) is 66.9 Å². The van der Waals surface area contributed by atoms with E-state index in [1.165, 1.54) is 17.0 Å². The molecule has 40 heavy (non-hydrogen) atoms. The predicted octanol–water partition coefficient (Wildman–Crippen LogP) is 5.38. The van der Waals surface area contributed by atoms with Gasteiger partial charge in [-0.25, -0.2) is 8.42 Å². The van der Waals surface area contributed by atoms with Gasteiger partial charge in [0.2, 0.25) is 11.8 Å². The van der Waals surface area contributed by atoms with Crippen LogP contribution >= 0.6 is 15.9 Å². The minimum atomic E-state index is -4.10. The molecule has 214 valence electrons. The molecule has 0 heterocycles. The van der Waals surface area contributed by atoms with Crippen LogP contribution in [0.15, 0.2) is 88.2 Å². The Hall–Kier alpha value is -3.37. The molecule has 0 aromatic heterocycles. The molecule has 2 amide bonds. The fourth-order valence-electron chi connectivity index (χ4n) is 4.25. The summed E-state index contributed by atoms with van der Waals surface area (Å²) in [5, 5.41) is 2.93. The normalized spacial score (nSPS) is 11.9. The lowest BCUT2D eigenvalue weighted by Crippen LogP contribution is -2.52. The largest absolute Gasteiger partial charge is 0.497 e. The lowest BCUT2D eigenvalue weighted by Gasteiger charge is -2.33. The molecule has 3 aromatic rings. The molecular weight excluding hydrogens is 594 g/mol. The first-order valence-corrected chi connectivity index (χ1v) is 15.5. The fourth-order valence-corrected chi connectivity index (χ4v) is 5.95. The first-order valence-electron chi connectivity index (χ1n) is 13.2. The van der Waals surface area contributed by atoms with E-state index >= 15 is 0 Å². The molecule has 0 fully saturated rings. The van der Waals surface area contributed by atoms with E-state index in [0.29, 0.717) is 24.4 Å². The van der Waals surface area contributed by atoms with Crippen molar-refractivity contribution in [3.63, 3.8) is 0 Å². The molecule has 0 spiro atoms. The number of anilines is 1. The number of methoxy groups -OCH3 is 1. The number of amides is 2. The van der Waals surface area contributed by atoms with Gasteiger partial charge in [-0.2, -0.15) is 0 Å². The molecule has 0 saturated heterocycles. The number of halogens is 1. The van der Waals surface area contributed by atoms with Crippen LogP contribution in [-0.4, -0.2) is 51.4 Å². The number of unbranched alkanes of at least 4 members (excludes halogenated alkanes) is 1. The van der Waals surface area contributed by atoms with E-state index in [0.717, 1.165) is 27.2 Å². The zero-order valence-corrected chi connectivity index (χ0v) is 25.4. The van der Waals surface area contributed by atoms with E-state index in [-0.39, 0.29) is 17.3 Å². The summed E-state index contributed by atoms with van der Waals surface area (Å²) in [6.45, 7) is 3.99. The van der Waals surface area contributed by atoms with Gasteiger partial charge in [0, 0.05) is 17.6 Å². The van der Waals surface area contributed by atoms with Crippen molar-refractivity contribution in [1.82, 2.24) is 10.2 Å². The second kappa shape index (κ2) is 14.9. The number of hydrogen-bond donors (Lipinski definition) is 1. The summed E-state index contributed by atoms with van der Waals surface area (Å²) in [5.74, 6) is -0.149. The van der Waals surface area contributed by atoms with Gasteiger partial charge < -0.3 is 15.0 Å². The third-order valence-corrected chi connectivity index (χ3v) is 8.74. The highest BCUT2D eigenvalue weighted by atomic mass is 79.9. The van der Waals surface area contributed by atoms with Crippen LogP contribution in [-0.2, 0) is 26.2 Å². The Kier molecular flexibility index (Phi) is 11.6.